The first-order valence-electron chi connectivity index (χ1n) is 4.91. The van der Waals surface area contributed by atoms with Gasteiger partial charge in [-0.15, -0.1) is 0 Å². The summed E-state index contributed by atoms with van der Waals surface area (Å²) in [5.74, 6) is 0. The lowest BCUT2D eigenvalue weighted by Gasteiger charge is -2.53. The van der Waals surface area contributed by atoms with Crippen LogP contribution in [-0.4, -0.2) is 19.4 Å². The molecule has 0 aromatic carbocycles. The van der Waals surface area contributed by atoms with Crippen molar-refractivity contribution in [1.82, 2.24) is 0 Å². The van der Waals surface area contributed by atoms with Gasteiger partial charge in [0.1, 0.15) is 0 Å². The molecule has 1 aliphatic heterocycles. The number of ether oxygens (including phenoxy) is 1. The monoisotopic (exact) mass is 210 g/mol. The van der Waals surface area contributed by atoms with Gasteiger partial charge >= 0.3 is 6.18 Å². The summed E-state index contributed by atoms with van der Waals surface area (Å²) in [6.07, 6.45) is -2.80. The van der Waals surface area contributed by atoms with Gasteiger partial charge in [0.25, 0.3) is 0 Å². The average Bonchev–Trinajstić information content (AvgIpc) is 1.93. The topological polar surface area (TPSA) is 9.23 Å². The highest BCUT2D eigenvalue weighted by Crippen LogP contribution is 2.56. The fraction of sp³-hybridized carbons (Fsp3) is 1.00. The van der Waals surface area contributed by atoms with Crippen molar-refractivity contribution in [2.45, 2.75) is 39.8 Å². The Balaban J connectivity index is 2.88. The Hall–Kier alpha value is -0.250. The van der Waals surface area contributed by atoms with Crippen molar-refractivity contribution in [3.8, 4) is 0 Å². The lowest BCUT2D eigenvalue weighted by molar-refractivity contribution is -0.302. The van der Waals surface area contributed by atoms with E-state index in [1.54, 1.807) is 0 Å². The highest BCUT2D eigenvalue weighted by Gasteiger charge is 2.62. The standard InChI is InChI=1S/C10H17F3O/c1-4-5-9(6-14-7-9)8(2,3)10(11,12)13/h4-7H2,1-3H3. The van der Waals surface area contributed by atoms with Gasteiger partial charge in [-0.3, -0.25) is 0 Å². The minimum Gasteiger partial charge on any atom is -0.380 e. The highest BCUT2D eigenvalue weighted by molar-refractivity contribution is 5.00. The van der Waals surface area contributed by atoms with E-state index in [0.717, 1.165) is 6.42 Å². The number of hydrogen-bond acceptors (Lipinski definition) is 1. The Labute approximate surface area is 82.6 Å². The maximum atomic E-state index is 12.8. The molecule has 0 amide bonds. The molecule has 84 valence electrons. The van der Waals surface area contributed by atoms with Crippen LogP contribution in [0.5, 0.6) is 0 Å². The summed E-state index contributed by atoms with van der Waals surface area (Å²) >= 11 is 0. The summed E-state index contributed by atoms with van der Waals surface area (Å²) < 4.78 is 43.4. The largest absolute Gasteiger partial charge is 0.394 e. The predicted molar refractivity (Wildman–Crippen MR) is 48.0 cm³/mol. The third-order valence-electron chi connectivity index (χ3n) is 3.52. The van der Waals surface area contributed by atoms with E-state index in [0.29, 0.717) is 6.42 Å². The van der Waals surface area contributed by atoms with Crippen LogP contribution in [-0.2, 0) is 4.74 Å². The lowest BCUT2D eigenvalue weighted by atomic mass is 9.61. The fourth-order valence-electron chi connectivity index (χ4n) is 1.95. The normalized spacial score (nSPS) is 21.9. The van der Waals surface area contributed by atoms with Gasteiger partial charge in [0.2, 0.25) is 0 Å². The first kappa shape index (κ1) is 11.8. The molecule has 4 heteroatoms. The molecule has 1 aliphatic rings. The average molecular weight is 210 g/mol. The van der Waals surface area contributed by atoms with Crippen LogP contribution >= 0.6 is 0 Å². The van der Waals surface area contributed by atoms with Crippen molar-refractivity contribution in [2.75, 3.05) is 13.2 Å². The Morgan fingerprint density at radius 3 is 1.93 bits per heavy atom. The molecule has 1 saturated heterocycles. The van der Waals surface area contributed by atoms with Gasteiger partial charge in [-0.25, -0.2) is 0 Å². The third kappa shape index (κ3) is 1.53. The zero-order valence-electron chi connectivity index (χ0n) is 8.87. The van der Waals surface area contributed by atoms with Gasteiger partial charge in [-0.2, -0.15) is 13.2 Å². The zero-order valence-corrected chi connectivity index (χ0v) is 8.87. The predicted octanol–water partition coefficient (Wildman–Crippen LogP) is 3.39. The molecule has 1 heterocycles. The molecule has 0 aromatic heterocycles. The summed E-state index contributed by atoms with van der Waals surface area (Å²) in [5.41, 5.74) is -2.34. The zero-order chi connectivity index (χ0) is 11.0. The van der Waals surface area contributed by atoms with Gasteiger partial charge in [-0.1, -0.05) is 27.2 Å². The quantitative estimate of drug-likeness (QED) is 0.693. The smallest absolute Gasteiger partial charge is 0.380 e. The van der Waals surface area contributed by atoms with Crippen LogP contribution in [0.4, 0.5) is 13.2 Å². The number of rotatable bonds is 3. The molecular formula is C10H17F3O. The molecule has 0 radical (unpaired) electrons. The second kappa shape index (κ2) is 3.40. The van der Waals surface area contributed by atoms with Gasteiger partial charge < -0.3 is 4.74 Å². The van der Waals surface area contributed by atoms with Crippen molar-refractivity contribution in [2.24, 2.45) is 10.8 Å². The first-order valence-corrected chi connectivity index (χ1v) is 4.91. The van der Waals surface area contributed by atoms with E-state index in [9.17, 15) is 13.2 Å². The molecule has 0 saturated carbocycles. The molecule has 1 fully saturated rings. The van der Waals surface area contributed by atoms with Crippen LogP contribution in [0.3, 0.4) is 0 Å². The van der Waals surface area contributed by atoms with Gasteiger partial charge in [0, 0.05) is 5.41 Å². The highest BCUT2D eigenvalue weighted by atomic mass is 19.4. The van der Waals surface area contributed by atoms with E-state index in [1.807, 2.05) is 6.92 Å². The summed E-state index contributed by atoms with van der Waals surface area (Å²) in [7, 11) is 0. The minimum absolute atomic E-state index is 0.243. The summed E-state index contributed by atoms with van der Waals surface area (Å²) in [6.45, 7) is 4.96. The first-order chi connectivity index (χ1) is 6.27. The molecule has 1 rings (SSSR count). The van der Waals surface area contributed by atoms with Crippen molar-refractivity contribution in [1.29, 1.82) is 0 Å². The van der Waals surface area contributed by atoms with Crippen LogP contribution < -0.4 is 0 Å². The minimum atomic E-state index is -4.15. The van der Waals surface area contributed by atoms with Gasteiger partial charge in [0.05, 0.1) is 18.6 Å². The van der Waals surface area contributed by atoms with E-state index >= 15 is 0 Å². The van der Waals surface area contributed by atoms with Crippen LogP contribution in [0.25, 0.3) is 0 Å². The molecule has 14 heavy (non-hydrogen) atoms. The van der Waals surface area contributed by atoms with Crippen LogP contribution in [0.15, 0.2) is 0 Å². The summed E-state index contributed by atoms with van der Waals surface area (Å²) in [5, 5.41) is 0. The molecule has 0 aliphatic carbocycles. The Morgan fingerprint density at radius 2 is 1.71 bits per heavy atom. The molecule has 0 bridgehead atoms. The molecule has 1 nitrogen and oxygen atoms in total. The van der Waals surface area contributed by atoms with E-state index in [2.05, 4.69) is 0 Å². The SMILES string of the molecule is CCCC1(C(C)(C)C(F)(F)F)COC1. The number of alkyl halides is 3. The van der Waals surface area contributed by atoms with Gasteiger partial charge in [-0.05, 0) is 6.42 Å². The number of halogens is 3. The van der Waals surface area contributed by atoms with E-state index in [-0.39, 0.29) is 13.2 Å². The van der Waals surface area contributed by atoms with Crippen molar-refractivity contribution >= 4 is 0 Å². The van der Waals surface area contributed by atoms with E-state index in [4.69, 9.17) is 4.74 Å². The van der Waals surface area contributed by atoms with Crippen LogP contribution in [0.1, 0.15) is 33.6 Å². The third-order valence-corrected chi connectivity index (χ3v) is 3.52. The van der Waals surface area contributed by atoms with Crippen molar-refractivity contribution < 1.29 is 17.9 Å². The van der Waals surface area contributed by atoms with E-state index < -0.39 is 17.0 Å². The molecule has 0 spiro atoms. The van der Waals surface area contributed by atoms with Crippen LogP contribution in [0.2, 0.25) is 0 Å². The van der Waals surface area contributed by atoms with Gasteiger partial charge in [0.15, 0.2) is 0 Å². The van der Waals surface area contributed by atoms with E-state index in [1.165, 1.54) is 13.8 Å². The summed E-state index contributed by atoms with van der Waals surface area (Å²) in [6, 6.07) is 0. The maximum Gasteiger partial charge on any atom is 0.394 e. The number of hydrogen-bond donors (Lipinski definition) is 0. The molecule has 0 atom stereocenters. The molecular weight excluding hydrogens is 193 g/mol. The second-order valence-electron chi connectivity index (χ2n) is 4.65. The molecule has 0 unspecified atom stereocenters. The fourth-order valence-corrected chi connectivity index (χ4v) is 1.95. The Bertz CT molecular complexity index is 204. The Kier molecular flexibility index (Phi) is 2.87. The van der Waals surface area contributed by atoms with Crippen LogP contribution in [0, 0.1) is 10.8 Å². The Morgan fingerprint density at radius 1 is 1.21 bits per heavy atom. The lowest BCUT2D eigenvalue weighted by Crippen LogP contribution is -2.58. The molecule has 0 aromatic rings. The van der Waals surface area contributed by atoms with Crippen molar-refractivity contribution in [3.63, 3.8) is 0 Å². The second-order valence-corrected chi connectivity index (χ2v) is 4.65. The molecule has 0 N–H and O–H groups in total. The maximum absolute atomic E-state index is 12.8. The van der Waals surface area contributed by atoms with Crippen molar-refractivity contribution in [3.05, 3.63) is 0 Å². The summed E-state index contributed by atoms with van der Waals surface area (Å²) in [4.78, 5) is 0.